The van der Waals surface area contributed by atoms with Gasteiger partial charge in [0.1, 0.15) is 6.10 Å². The van der Waals surface area contributed by atoms with Gasteiger partial charge < -0.3 is 10.2 Å². The first-order valence-electron chi connectivity index (χ1n) is 10.2. The number of aliphatic hydroxyl groups excluding tert-OH is 1. The summed E-state index contributed by atoms with van der Waals surface area (Å²) in [6, 6.07) is 0. The second kappa shape index (κ2) is 5.30. The van der Waals surface area contributed by atoms with E-state index in [0.29, 0.717) is 36.5 Å². The highest BCUT2D eigenvalue weighted by Gasteiger charge is 2.64. The van der Waals surface area contributed by atoms with Crippen LogP contribution >= 0.6 is 0 Å². The molecule has 24 heavy (non-hydrogen) atoms. The van der Waals surface area contributed by atoms with E-state index in [0.717, 1.165) is 38.5 Å². The summed E-state index contributed by atoms with van der Waals surface area (Å²) in [6.07, 6.45) is 8.13. The van der Waals surface area contributed by atoms with Gasteiger partial charge in [0, 0.05) is 6.42 Å². The predicted molar refractivity (Wildman–Crippen MR) is 93.4 cm³/mol. The Kier molecular flexibility index (Phi) is 3.76. The second-order valence-electron chi connectivity index (χ2n) is 9.93. The molecule has 4 aliphatic carbocycles. The number of fused-ring (bicyclic) bond motifs is 5. The molecule has 0 saturated heterocycles. The Hall–Kier alpha value is -0.410. The number of hydrogen-bond donors (Lipinski definition) is 2. The maximum absolute atomic E-state index is 12.3. The molecule has 3 nitrogen and oxygen atoms in total. The minimum absolute atomic E-state index is 0.0598. The highest BCUT2D eigenvalue weighted by molar-refractivity contribution is 5.84. The van der Waals surface area contributed by atoms with Gasteiger partial charge in [-0.1, -0.05) is 20.8 Å². The summed E-state index contributed by atoms with van der Waals surface area (Å²) in [6.45, 7) is 6.82. The lowest BCUT2D eigenvalue weighted by molar-refractivity contribution is -0.167. The minimum Gasteiger partial charge on any atom is -0.389 e. The van der Waals surface area contributed by atoms with Crippen molar-refractivity contribution in [2.45, 2.75) is 90.3 Å². The second-order valence-corrected chi connectivity index (χ2v) is 9.93. The van der Waals surface area contributed by atoms with Crippen LogP contribution in [-0.4, -0.2) is 27.7 Å². The van der Waals surface area contributed by atoms with Crippen molar-refractivity contribution in [1.29, 1.82) is 0 Å². The van der Waals surface area contributed by atoms with Crippen LogP contribution in [0.3, 0.4) is 0 Å². The summed E-state index contributed by atoms with van der Waals surface area (Å²) in [7, 11) is 0. The molecule has 0 heterocycles. The molecule has 0 amide bonds. The lowest BCUT2D eigenvalue weighted by Crippen LogP contribution is -2.57. The van der Waals surface area contributed by atoms with Crippen molar-refractivity contribution in [3.8, 4) is 0 Å². The number of carbonyl (C=O) groups excluding carboxylic acids is 1. The van der Waals surface area contributed by atoms with Crippen LogP contribution in [-0.2, 0) is 4.79 Å². The van der Waals surface area contributed by atoms with Crippen molar-refractivity contribution < 1.29 is 15.0 Å². The van der Waals surface area contributed by atoms with Crippen LogP contribution in [0, 0.1) is 34.5 Å². The molecule has 2 N–H and O–H groups in total. The number of hydrogen-bond acceptors (Lipinski definition) is 3. The van der Waals surface area contributed by atoms with Crippen molar-refractivity contribution in [1.82, 2.24) is 0 Å². The van der Waals surface area contributed by atoms with Crippen LogP contribution in [0.1, 0.15) is 78.6 Å². The maximum atomic E-state index is 12.3. The van der Waals surface area contributed by atoms with Crippen LogP contribution in [0.5, 0.6) is 0 Å². The first-order chi connectivity index (χ1) is 11.2. The highest BCUT2D eigenvalue weighted by Crippen LogP contribution is 2.68. The average molecular weight is 335 g/mol. The van der Waals surface area contributed by atoms with Gasteiger partial charge >= 0.3 is 0 Å². The van der Waals surface area contributed by atoms with E-state index < -0.39 is 11.7 Å². The number of rotatable bonds is 1. The maximum Gasteiger partial charge on any atom is 0.161 e. The van der Waals surface area contributed by atoms with E-state index in [1.165, 1.54) is 6.42 Å². The van der Waals surface area contributed by atoms with Crippen LogP contribution < -0.4 is 0 Å². The zero-order valence-electron chi connectivity index (χ0n) is 15.6. The third kappa shape index (κ3) is 2.00. The summed E-state index contributed by atoms with van der Waals surface area (Å²) < 4.78 is 0. The van der Waals surface area contributed by atoms with E-state index >= 15 is 0 Å². The van der Waals surface area contributed by atoms with Crippen LogP contribution in [0.2, 0.25) is 0 Å². The van der Waals surface area contributed by atoms with E-state index in [9.17, 15) is 15.0 Å². The van der Waals surface area contributed by atoms with Gasteiger partial charge in [0.05, 0.1) is 5.60 Å². The molecule has 0 aromatic heterocycles. The zero-order chi connectivity index (χ0) is 17.3. The van der Waals surface area contributed by atoms with Gasteiger partial charge in [-0.2, -0.15) is 0 Å². The van der Waals surface area contributed by atoms with Crippen molar-refractivity contribution >= 4 is 5.78 Å². The lowest BCUT2D eigenvalue weighted by atomic mass is 9.44. The normalized spacial score (nSPS) is 57.2. The number of Topliss-reactive ketones (excluding diaryl/α,β-unsaturated/α-hetero) is 1. The third-order valence-corrected chi connectivity index (χ3v) is 9.41. The van der Waals surface area contributed by atoms with Gasteiger partial charge in [0.15, 0.2) is 5.78 Å². The molecule has 4 saturated carbocycles. The van der Waals surface area contributed by atoms with E-state index in [-0.39, 0.29) is 16.6 Å². The Labute approximate surface area is 146 Å². The van der Waals surface area contributed by atoms with Gasteiger partial charge in [-0.25, -0.2) is 0 Å². The number of carbonyl (C=O) groups is 1. The van der Waals surface area contributed by atoms with Crippen molar-refractivity contribution in [2.24, 2.45) is 34.5 Å². The summed E-state index contributed by atoms with van der Waals surface area (Å²) in [5.41, 5.74) is -0.350. The SMILES string of the molecule is CC[C@@]1(O)CC[C@H]2[C@@H]3CC[C@@H]4C[C@H](O)C(=O)C[C@]4(C)[C@H]3CC[C@@]21C. The Morgan fingerprint density at radius 1 is 1.08 bits per heavy atom. The third-order valence-electron chi connectivity index (χ3n) is 9.41. The largest absolute Gasteiger partial charge is 0.389 e. The molecule has 0 aromatic rings. The predicted octanol–water partition coefficient (Wildman–Crippen LogP) is 3.71. The minimum atomic E-state index is -0.717. The molecule has 0 unspecified atom stereocenters. The summed E-state index contributed by atoms with van der Waals surface area (Å²) in [4.78, 5) is 12.3. The van der Waals surface area contributed by atoms with Gasteiger partial charge in [0.2, 0.25) is 0 Å². The Balaban J connectivity index is 1.65. The first kappa shape index (κ1) is 17.0. The fraction of sp³-hybridized carbons (Fsp3) is 0.952. The monoisotopic (exact) mass is 334 g/mol. The Morgan fingerprint density at radius 3 is 2.50 bits per heavy atom. The molecule has 3 heteroatoms. The molecule has 4 rings (SSSR count). The zero-order valence-corrected chi connectivity index (χ0v) is 15.6. The number of aliphatic hydroxyl groups is 2. The average Bonchev–Trinajstić information content (AvgIpc) is 2.81. The molecular formula is C21H34O3. The van der Waals surface area contributed by atoms with Gasteiger partial charge in [-0.15, -0.1) is 0 Å². The lowest BCUT2D eigenvalue weighted by Gasteiger charge is -2.61. The van der Waals surface area contributed by atoms with Crippen molar-refractivity contribution in [2.75, 3.05) is 0 Å². The van der Waals surface area contributed by atoms with Gasteiger partial charge in [-0.3, -0.25) is 4.79 Å². The summed E-state index contributed by atoms with van der Waals surface area (Å²) in [5.74, 6) is 2.45. The Bertz CT molecular complexity index is 545. The molecule has 136 valence electrons. The van der Waals surface area contributed by atoms with Crippen LogP contribution in [0.4, 0.5) is 0 Å². The summed E-state index contributed by atoms with van der Waals surface area (Å²) in [5, 5.41) is 21.3. The van der Waals surface area contributed by atoms with Crippen LogP contribution in [0.25, 0.3) is 0 Å². The molecular weight excluding hydrogens is 300 g/mol. The molecule has 0 aliphatic heterocycles. The smallest absolute Gasteiger partial charge is 0.161 e. The topological polar surface area (TPSA) is 57.5 Å². The molecule has 4 fully saturated rings. The molecule has 0 bridgehead atoms. The molecule has 8 atom stereocenters. The quantitative estimate of drug-likeness (QED) is 0.768. The van der Waals surface area contributed by atoms with Gasteiger partial charge in [0.25, 0.3) is 0 Å². The fourth-order valence-electron chi connectivity index (χ4n) is 7.78. The molecule has 0 radical (unpaired) electrons. The number of ketones is 1. The fourth-order valence-corrected chi connectivity index (χ4v) is 7.78. The standard InChI is InChI=1S/C21H34O3/c1-4-21(24)10-8-16-14-6-5-13-11-17(22)18(23)12-19(13,2)15(14)7-9-20(16,21)3/h13-17,22,24H,4-12H2,1-3H3/t13-,14-,15+,16+,17+,19+,20+,21-/m1/s1. The van der Waals surface area contributed by atoms with Gasteiger partial charge in [-0.05, 0) is 85.9 Å². The molecule has 0 aromatic carbocycles. The van der Waals surface area contributed by atoms with E-state index in [1.807, 2.05) is 0 Å². The first-order valence-corrected chi connectivity index (χ1v) is 10.2. The van der Waals surface area contributed by atoms with Crippen molar-refractivity contribution in [3.05, 3.63) is 0 Å². The van der Waals surface area contributed by atoms with E-state index in [4.69, 9.17) is 0 Å². The van der Waals surface area contributed by atoms with E-state index in [2.05, 4.69) is 20.8 Å². The highest BCUT2D eigenvalue weighted by atomic mass is 16.3. The summed E-state index contributed by atoms with van der Waals surface area (Å²) >= 11 is 0. The van der Waals surface area contributed by atoms with Crippen molar-refractivity contribution in [3.63, 3.8) is 0 Å². The van der Waals surface area contributed by atoms with Crippen LogP contribution in [0.15, 0.2) is 0 Å². The molecule has 0 spiro atoms. The Morgan fingerprint density at radius 2 is 1.79 bits per heavy atom. The molecule has 4 aliphatic rings. The van der Waals surface area contributed by atoms with E-state index in [1.54, 1.807) is 0 Å².